The number of imide groups is 1. The number of carbonyl (C=O) groups excluding carboxylic acids is 2. The minimum atomic E-state index is -0.109. The van der Waals surface area contributed by atoms with Gasteiger partial charge in [-0.15, -0.1) is 0 Å². The molecule has 2 N–H and O–H groups in total. The number of allylic oxidation sites excluding steroid dienone is 2. The Labute approximate surface area is 174 Å². The molecule has 7 heteroatoms. The van der Waals surface area contributed by atoms with Gasteiger partial charge in [0.25, 0.3) is 0 Å². The molecule has 2 aliphatic carbocycles. The molecule has 1 saturated carbocycles. The first kappa shape index (κ1) is 20.4. The van der Waals surface area contributed by atoms with Crippen LogP contribution >= 0.6 is 0 Å². The van der Waals surface area contributed by atoms with Crippen LogP contribution < -0.4 is 10.6 Å². The fraction of sp³-hybridized carbons (Fsp3) is 0.773. The van der Waals surface area contributed by atoms with Gasteiger partial charge in [0, 0.05) is 38.8 Å². The van der Waals surface area contributed by atoms with Crippen LogP contribution in [0.5, 0.6) is 0 Å². The Balaban J connectivity index is 1.22. The van der Waals surface area contributed by atoms with Gasteiger partial charge in [-0.25, -0.2) is 0 Å². The highest BCUT2D eigenvalue weighted by molar-refractivity contribution is 6.06. The topological polar surface area (TPSA) is 77.0 Å². The fourth-order valence-corrected chi connectivity index (χ4v) is 5.83. The second kappa shape index (κ2) is 8.46. The Kier molecular flexibility index (Phi) is 5.95. The minimum Gasteiger partial charge on any atom is -0.355 e. The molecule has 2 heterocycles. The summed E-state index contributed by atoms with van der Waals surface area (Å²) in [4.78, 5) is 33.8. The van der Waals surface area contributed by atoms with Crippen molar-refractivity contribution in [3.8, 4) is 0 Å². The highest BCUT2D eigenvalue weighted by atomic mass is 16.2. The predicted octanol–water partition coefficient (Wildman–Crippen LogP) is 1.22. The minimum absolute atomic E-state index is 0.0225. The van der Waals surface area contributed by atoms with Crippen LogP contribution in [0.25, 0.3) is 0 Å². The maximum absolute atomic E-state index is 12.7. The molecular formula is C22H35N5O2. The van der Waals surface area contributed by atoms with Gasteiger partial charge in [0.1, 0.15) is 0 Å². The first-order valence-corrected chi connectivity index (χ1v) is 11.2. The highest BCUT2D eigenvalue weighted by Gasteiger charge is 2.58. The highest BCUT2D eigenvalue weighted by Crippen LogP contribution is 2.52. The van der Waals surface area contributed by atoms with Gasteiger partial charge in [-0.1, -0.05) is 18.6 Å². The van der Waals surface area contributed by atoms with E-state index >= 15 is 0 Å². The zero-order valence-electron chi connectivity index (χ0n) is 17.9. The number of nitrogens with one attached hydrogen (secondary N) is 2. The fourth-order valence-electron chi connectivity index (χ4n) is 5.83. The molecule has 6 unspecified atom stereocenters. The monoisotopic (exact) mass is 401 g/mol. The van der Waals surface area contributed by atoms with Crippen molar-refractivity contribution in [2.75, 3.05) is 33.2 Å². The number of nitrogens with zero attached hydrogens (tertiary/aromatic N) is 3. The maximum Gasteiger partial charge on any atom is 0.233 e. The maximum atomic E-state index is 12.7. The number of aliphatic imine (C=N–C) groups is 1. The molecule has 7 nitrogen and oxygen atoms in total. The molecule has 29 heavy (non-hydrogen) atoms. The molecule has 0 aromatic rings. The van der Waals surface area contributed by atoms with Crippen LogP contribution in [-0.2, 0) is 9.59 Å². The average molecular weight is 402 g/mol. The molecule has 2 bridgehead atoms. The third-order valence-electron chi connectivity index (χ3n) is 7.40. The van der Waals surface area contributed by atoms with Crippen LogP contribution in [0.15, 0.2) is 17.1 Å². The molecule has 2 aliphatic heterocycles. The van der Waals surface area contributed by atoms with Crippen molar-refractivity contribution < 1.29 is 9.59 Å². The van der Waals surface area contributed by atoms with E-state index in [0.29, 0.717) is 25.2 Å². The zero-order chi connectivity index (χ0) is 20.5. The predicted molar refractivity (Wildman–Crippen MR) is 113 cm³/mol. The lowest BCUT2D eigenvalue weighted by molar-refractivity contribution is -0.140. The van der Waals surface area contributed by atoms with Crippen LogP contribution in [0.2, 0.25) is 0 Å². The van der Waals surface area contributed by atoms with Gasteiger partial charge in [-0.2, -0.15) is 0 Å². The second-order valence-corrected chi connectivity index (χ2v) is 9.14. The van der Waals surface area contributed by atoms with Crippen LogP contribution in [0.3, 0.4) is 0 Å². The van der Waals surface area contributed by atoms with E-state index in [4.69, 9.17) is 0 Å². The van der Waals surface area contributed by atoms with E-state index in [1.807, 2.05) is 0 Å². The largest absolute Gasteiger partial charge is 0.355 e. The van der Waals surface area contributed by atoms with Crippen molar-refractivity contribution in [2.45, 2.75) is 51.6 Å². The van der Waals surface area contributed by atoms with E-state index in [-0.39, 0.29) is 35.5 Å². The number of carbonyl (C=O) groups is 2. The number of likely N-dealkylation sites (tertiary alicyclic amines) is 2. The Hall–Kier alpha value is -1.89. The molecule has 0 radical (unpaired) electrons. The lowest BCUT2D eigenvalue weighted by Crippen LogP contribution is -2.51. The summed E-state index contributed by atoms with van der Waals surface area (Å²) >= 11 is 0. The normalized spacial score (nSPS) is 35.3. The van der Waals surface area contributed by atoms with Crippen molar-refractivity contribution in [1.82, 2.24) is 20.4 Å². The van der Waals surface area contributed by atoms with Gasteiger partial charge in [0.05, 0.1) is 11.8 Å². The first-order chi connectivity index (χ1) is 14.0. The first-order valence-electron chi connectivity index (χ1n) is 11.2. The number of rotatable bonds is 6. The molecule has 6 atom stereocenters. The molecular weight excluding hydrogens is 366 g/mol. The van der Waals surface area contributed by atoms with Gasteiger partial charge < -0.3 is 10.6 Å². The Bertz CT molecular complexity index is 675. The standard InChI is InChI=1S/C22H35N5O2/c1-14-6-4-5-10-26(14)15(2)13-25-22(23-3)24-9-11-27-20(28)18-16-7-8-17(12-16)19(18)21(27)29/h7-8,14-19H,4-6,9-13H2,1-3H3,(H2,23,24,25). The van der Waals surface area contributed by atoms with Gasteiger partial charge >= 0.3 is 0 Å². The molecule has 0 aromatic heterocycles. The number of fused-ring (bicyclic) bond motifs is 5. The molecule has 4 rings (SSSR count). The van der Waals surface area contributed by atoms with Crippen LogP contribution in [0, 0.1) is 23.7 Å². The van der Waals surface area contributed by atoms with E-state index in [9.17, 15) is 9.59 Å². The number of amides is 2. The molecule has 0 aromatic carbocycles. The van der Waals surface area contributed by atoms with Gasteiger partial charge in [0.2, 0.25) is 11.8 Å². The van der Waals surface area contributed by atoms with E-state index in [1.165, 1.54) is 24.2 Å². The number of hydrogen-bond acceptors (Lipinski definition) is 4. The van der Waals surface area contributed by atoms with Gasteiger partial charge in [-0.05, 0) is 51.5 Å². The lowest BCUT2D eigenvalue weighted by Gasteiger charge is -2.38. The quantitative estimate of drug-likeness (QED) is 0.303. The van der Waals surface area contributed by atoms with Crippen LogP contribution in [0.1, 0.15) is 39.5 Å². The Morgan fingerprint density at radius 1 is 1.17 bits per heavy atom. The van der Waals surface area contributed by atoms with E-state index in [0.717, 1.165) is 25.5 Å². The summed E-state index contributed by atoms with van der Waals surface area (Å²) in [5, 5.41) is 6.67. The van der Waals surface area contributed by atoms with Crippen molar-refractivity contribution in [3.05, 3.63) is 12.2 Å². The van der Waals surface area contributed by atoms with Gasteiger partial charge in [0.15, 0.2) is 5.96 Å². The summed E-state index contributed by atoms with van der Waals surface area (Å²) in [7, 11) is 1.75. The second-order valence-electron chi connectivity index (χ2n) is 9.14. The lowest BCUT2D eigenvalue weighted by atomic mass is 9.85. The van der Waals surface area contributed by atoms with Crippen molar-refractivity contribution in [2.24, 2.45) is 28.7 Å². The molecule has 0 spiro atoms. The third kappa shape index (κ3) is 3.81. The van der Waals surface area contributed by atoms with E-state index < -0.39 is 0 Å². The SMILES string of the molecule is CN=C(NCCN1C(=O)C2C3C=CC(C3)C2C1=O)NCC(C)N1CCCCC1C. The molecule has 2 amide bonds. The van der Waals surface area contributed by atoms with Crippen molar-refractivity contribution in [1.29, 1.82) is 0 Å². The number of piperidine rings is 1. The Morgan fingerprint density at radius 2 is 1.86 bits per heavy atom. The van der Waals surface area contributed by atoms with Crippen molar-refractivity contribution >= 4 is 17.8 Å². The third-order valence-corrected chi connectivity index (χ3v) is 7.40. The summed E-state index contributed by atoms with van der Waals surface area (Å²) < 4.78 is 0. The van der Waals surface area contributed by atoms with Crippen molar-refractivity contribution in [3.63, 3.8) is 0 Å². The van der Waals surface area contributed by atoms with Crippen LogP contribution in [0.4, 0.5) is 0 Å². The van der Waals surface area contributed by atoms with E-state index in [1.54, 1.807) is 7.05 Å². The van der Waals surface area contributed by atoms with Crippen LogP contribution in [-0.4, -0.2) is 72.9 Å². The number of guanidine groups is 1. The average Bonchev–Trinajstić information content (AvgIpc) is 3.40. The molecule has 160 valence electrons. The summed E-state index contributed by atoms with van der Waals surface area (Å²) in [6, 6.07) is 1.07. The van der Waals surface area contributed by atoms with Gasteiger partial charge in [-0.3, -0.25) is 24.4 Å². The summed E-state index contributed by atoms with van der Waals surface area (Å²) in [6.45, 7) is 7.48. The summed E-state index contributed by atoms with van der Waals surface area (Å²) in [6.07, 6.45) is 9.12. The summed E-state index contributed by atoms with van der Waals surface area (Å²) in [5.41, 5.74) is 0. The molecule has 4 aliphatic rings. The Morgan fingerprint density at radius 3 is 2.48 bits per heavy atom. The zero-order valence-corrected chi connectivity index (χ0v) is 17.9. The molecule has 2 saturated heterocycles. The smallest absolute Gasteiger partial charge is 0.233 e. The van der Waals surface area contributed by atoms with E-state index in [2.05, 4.69) is 46.5 Å². The summed E-state index contributed by atoms with van der Waals surface area (Å²) in [5.74, 6) is 1.09. The number of hydrogen-bond donors (Lipinski definition) is 2. The molecule has 3 fully saturated rings.